The van der Waals surface area contributed by atoms with Gasteiger partial charge in [0.25, 0.3) is 0 Å². The van der Waals surface area contributed by atoms with Crippen molar-refractivity contribution in [3.63, 3.8) is 0 Å². The van der Waals surface area contributed by atoms with E-state index in [2.05, 4.69) is 66.4 Å². The third-order valence-corrected chi connectivity index (χ3v) is 4.59. The fourth-order valence-electron chi connectivity index (χ4n) is 1.74. The zero-order chi connectivity index (χ0) is 14.0. The Bertz CT molecular complexity index is 569. The number of pyridine rings is 1. The first kappa shape index (κ1) is 15.1. The summed E-state index contributed by atoms with van der Waals surface area (Å²) in [5.41, 5.74) is 2.01. The maximum atomic E-state index is 4.59. The predicted octanol–water partition coefficient (Wildman–Crippen LogP) is 4.46. The molecule has 0 spiro atoms. The minimum Gasteiger partial charge on any atom is -0.301 e. The number of hydrogen-bond acceptors (Lipinski definition) is 4. The van der Waals surface area contributed by atoms with E-state index in [0.29, 0.717) is 6.04 Å². The predicted molar refractivity (Wildman–Crippen MR) is 86.6 cm³/mol. The van der Waals surface area contributed by atoms with Crippen molar-refractivity contribution >= 4 is 43.2 Å². The molecule has 0 aliphatic heterocycles. The van der Waals surface area contributed by atoms with Crippen LogP contribution in [0.4, 0.5) is 0 Å². The molecule has 2 heterocycles. The average Bonchev–Trinajstić information content (AvgIpc) is 2.73. The lowest BCUT2D eigenvalue weighted by Gasteiger charge is -2.20. The summed E-state index contributed by atoms with van der Waals surface area (Å²) < 4.78 is 1.94. The monoisotopic (exact) mass is 403 g/mol. The molecule has 0 aliphatic rings. The SMILES string of the molecule is Cc1csc(C(NC(C)C)c2ncc(Br)cc2Br)n1. The molecule has 0 aliphatic carbocycles. The van der Waals surface area contributed by atoms with Gasteiger partial charge in [-0.15, -0.1) is 11.3 Å². The average molecular weight is 405 g/mol. The molecule has 2 rings (SSSR count). The van der Waals surface area contributed by atoms with Gasteiger partial charge in [0.05, 0.1) is 5.69 Å². The van der Waals surface area contributed by atoms with Crippen molar-refractivity contribution in [2.75, 3.05) is 0 Å². The third kappa shape index (κ3) is 3.84. The van der Waals surface area contributed by atoms with Gasteiger partial charge in [-0.05, 0) is 58.7 Å². The normalized spacial score (nSPS) is 12.9. The van der Waals surface area contributed by atoms with Crippen LogP contribution in [0.5, 0.6) is 0 Å². The van der Waals surface area contributed by atoms with E-state index in [9.17, 15) is 0 Å². The molecule has 0 amide bonds. The van der Waals surface area contributed by atoms with Gasteiger partial charge in [0, 0.05) is 32.3 Å². The smallest absolute Gasteiger partial charge is 0.116 e. The second-order valence-corrected chi connectivity index (χ2v) is 7.26. The summed E-state index contributed by atoms with van der Waals surface area (Å²) >= 11 is 8.68. The Morgan fingerprint density at radius 3 is 2.58 bits per heavy atom. The molecule has 1 unspecified atom stereocenters. The van der Waals surface area contributed by atoms with Gasteiger partial charge in [0.2, 0.25) is 0 Å². The number of nitrogens with one attached hydrogen (secondary N) is 1. The molecule has 0 aromatic carbocycles. The van der Waals surface area contributed by atoms with Crippen LogP contribution in [0.15, 0.2) is 26.6 Å². The first-order valence-corrected chi connectivity index (χ1v) is 8.43. The molecule has 19 heavy (non-hydrogen) atoms. The Hall–Kier alpha value is -0.300. The van der Waals surface area contributed by atoms with Gasteiger partial charge >= 0.3 is 0 Å². The largest absolute Gasteiger partial charge is 0.301 e. The summed E-state index contributed by atoms with van der Waals surface area (Å²) in [4.78, 5) is 9.11. The van der Waals surface area contributed by atoms with Crippen LogP contribution in [0.3, 0.4) is 0 Å². The van der Waals surface area contributed by atoms with Crippen molar-refractivity contribution in [3.05, 3.63) is 43.0 Å². The molecule has 0 saturated heterocycles. The van der Waals surface area contributed by atoms with Crippen molar-refractivity contribution < 1.29 is 0 Å². The van der Waals surface area contributed by atoms with Crippen LogP contribution in [-0.2, 0) is 0 Å². The molecule has 3 nitrogen and oxygen atoms in total. The Morgan fingerprint density at radius 2 is 2.05 bits per heavy atom. The number of aryl methyl sites for hydroxylation is 1. The lowest BCUT2D eigenvalue weighted by molar-refractivity contribution is 0.516. The molecule has 1 atom stereocenters. The summed E-state index contributed by atoms with van der Waals surface area (Å²) in [6.07, 6.45) is 1.82. The van der Waals surface area contributed by atoms with E-state index in [1.165, 1.54) is 0 Å². The second kappa shape index (κ2) is 6.43. The molecular weight excluding hydrogens is 390 g/mol. The minimum absolute atomic E-state index is 0.0150. The van der Waals surface area contributed by atoms with Gasteiger partial charge in [-0.2, -0.15) is 0 Å². The van der Waals surface area contributed by atoms with E-state index in [1.54, 1.807) is 11.3 Å². The number of halogens is 2. The highest BCUT2D eigenvalue weighted by atomic mass is 79.9. The molecule has 102 valence electrons. The Morgan fingerprint density at radius 1 is 1.32 bits per heavy atom. The highest BCUT2D eigenvalue weighted by Crippen LogP contribution is 2.30. The van der Waals surface area contributed by atoms with E-state index < -0.39 is 0 Å². The molecule has 0 radical (unpaired) electrons. The van der Waals surface area contributed by atoms with E-state index in [1.807, 2.05) is 19.2 Å². The van der Waals surface area contributed by atoms with Crippen molar-refractivity contribution in [3.8, 4) is 0 Å². The van der Waals surface area contributed by atoms with Crippen molar-refractivity contribution in [1.29, 1.82) is 0 Å². The molecule has 1 N–H and O–H groups in total. The minimum atomic E-state index is 0.0150. The van der Waals surface area contributed by atoms with Crippen LogP contribution in [0.1, 0.15) is 36.3 Å². The van der Waals surface area contributed by atoms with Gasteiger partial charge in [-0.25, -0.2) is 4.98 Å². The topological polar surface area (TPSA) is 37.8 Å². The maximum absolute atomic E-state index is 4.59. The lowest BCUT2D eigenvalue weighted by atomic mass is 10.1. The quantitative estimate of drug-likeness (QED) is 0.817. The number of hydrogen-bond donors (Lipinski definition) is 1. The van der Waals surface area contributed by atoms with Crippen LogP contribution in [-0.4, -0.2) is 16.0 Å². The summed E-state index contributed by atoms with van der Waals surface area (Å²) in [6, 6.07) is 2.38. The fourth-order valence-corrected chi connectivity index (χ4v) is 3.82. The molecule has 2 aromatic heterocycles. The summed E-state index contributed by atoms with van der Waals surface area (Å²) in [6.45, 7) is 6.26. The van der Waals surface area contributed by atoms with Crippen LogP contribution in [0.25, 0.3) is 0 Å². The van der Waals surface area contributed by atoms with Gasteiger partial charge in [0.15, 0.2) is 0 Å². The van der Waals surface area contributed by atoms with Crippen molar-refractivity contribution in [2.24, 2.45) is 0 Å². The van der Waals surface area contributed by atoms with Gasteiger partial charge in [-0.3, -0.25) is 4.98 Å². The van der Waals surface area contributed by atoms with Gasteiger partial charge in [0.1, 0.15) is 11.0 Å². The zero-order valence-electron chi connectivity index (χ0n) is 10.9. The Balaban J connectivity index is 2.42. The van der Waals surface area contributed by atoms with Gasteiger partial charge < -0.3 is 5.32 Å². The van der Waals surface area contributed by atoms with Crippen LogP contribution >= 0.6 is 43.2 Å². The molecule has 0 fully saturated rings. The molecule has 0 bridgehead atoms. The molecule has 0 saturated carbocycles. The first-order valence-electron chi connectivity index (χ1n) is 5.96. The fraction of sp³-hybridized carbons (Fsp3) is 0.385. The third-order valence-electron chi connectivity index (χ3n) is 2.49. The highest BCUT2D eigenvalue weighted by molar-refractivity contribution is 9.11. The number of thiazole rings is 1. The van der Waals surface area contributed by atoms with Crippen LogP contribution < -0.4 is 5.32 Å². The van der Waals surface area contributed by atoms with E-state index >= 15 is 0 Å². The lowest BCUT2D eigenvalue weighted by Crippen LogP contribution is -2.29. The van der Waals surface area contributed by atoms with Crippen LogP contribution in [0, 0.1) is 6.92 Å². The Labute approximate surface area is 134 Å². The zero-order valence-corrected chi connectivity index (χ0v) is 14.9. The van der Waals surface area contributed by atoms with E-state index in [-0.39, 0.29) is 6.04 Å². The first-order chi connectivity index (χ1) is 8.97. The number of rotatable bonds is 4. The summed E-state index contributed by atoms with van der Waals surface area (Å²) in [7, 11) is 0. The molecule has 6 heteroatoms. The van der Waals surface area contributed by atoms with E-state index in [4.69, 9.17) is 0 Å². The maximum Gasteiger partial charge on any atom is 0.116 e. The highest BCUT2D eigenvalue weighted by Gasteiger charge is 2.22. The number of nitrogens with zero attached hydrogens (tertiary/aromatic N) is 2. The van der Waals surface area contributed by atoms with E-state index in [0.717, 1.165) is 25.3 Å². The van der Waals surface area contributed by atoms with Crippen molar-refractivity contribution in [1.82, 2.24) is 15.3 Å². The van der Waals surface area contributed by atoms with Gasteiger partial charge in [-0.1, -0.05) is 0 Å². The Kier molecular flexibility index (Phi) is 5.11. The second-order valence-electron chi connectivity index (χ2n) is 4.60. The molecular formula is C13H15Br2N3S. The van der Waals surface area contributed by atoms with Crippen LogP contribution in [0.2, 0.25) is 0 Å². The standard InChI is InChI=1S/C13H15Br2N3S/c1-7(2)17-12(13-18-8(3)6-19-13)11-10(15)4-9(14)5-16-11/h4-7,12,17H,1-3H3. The molecule has 2 aromatic rings. The summed E-state index contributed by atoms with van der Waals surface area (Å²) in [5, 5.41) is 6.64. The number of aromatic nitrogens is 2. The summed E-state index contributed by atoms with van der Waals surface area (Å²) in [5.74, 6) is 0. The van der Waals surface area contributed by atoms with Crippen molar-refractivity contribution in [2.45, 2.75) is 32.9 Å².